The van der Waals surface area contributed by atoms with E-state index in [9.17, 15) is 9.90 Å². The molecule has 1 amide bonds. The van der Waals surface area contributed by atoms with Crippen LogP contribution >= 0.6 is 0 Å². The Bertz CT molecular complexity index is 487. The lowest BCUT2D eigenvalue weighted by Crippen LogP contribution is -2.44. The van der Waals surface area contributed by atoms with E-state index in [1.54, 1.807) is 0 Å². The van der Waals surface area contributed by atoms with Crippen LogP contribution in [0.3, 0.4) is 0 Å². The van der Waals surface area contributed by atoms with Gasteiger partial charge in [0.2, 0.25) is 5.91 Å². The first-order valence-corrected chi connectivity index (χ1v) is 8.22. The van der Waals surface area contributed by atoms with Gasteiger partial charge in [0.15, 0.2) is 0 Å². The van der Waals surface area contributed by atoms with Crippen LogP contribution in [0.25, 0.3) is 0 Å². The molecule has 1 N–H and O–H groups in total. The third kappa shape index (κ3) is 2.84. The molecule has 114 valence electrons. The number of aliphatic hydroxyl groups is 1. The van der Waals surface area contributed by atoms with E-state index in [-0.39, 0.29) is 24.0 Å². The Morgan fingerprint density at radius 1 is 1.19 bits per heavy atom. The van der Waals surface area contributed by atoms with Crippen LogP contribution in [0, 0.1) is 5.92 Å². The van der Waals surface area contributed by atoms with Crippen LogP contribution in [-0.4, -0.2) is 34.6 Å². The number of nitrogens with zero attached hydrogens (tertiary/aromatic N) is 1. The molecule has 2 fully saturated rings. The normalized spacial score (nSPS) is 30.6. The van der Waals surface area contributed by atoms with E-state index in [2.05, 4.69) is 4.90 Å². The summed E-state index contributed by atoms with van der Waals surface area (Å²) in [6.45, 7) is 2.85. The van der Waals surface area contributed by atoms with Crippen LogP contribution in [0.4, 0.5) is 0 Å². The topological polar surface area (TPSA) is 40.5 Å². The number of benzene rings is 1. The number of aliphatic hydroxyl groups excluding tert-OH is 1. The van der Waals surface area contributed by atoms with E-state index in [4.69, 9.17) is 0 Å². The minimum atomic E-state index is -0.213. The molecule has 3 heteroatoms. The maximum Gasteiger partial charge on any atom is 0.230 e. The van der Waals surface area contributed by atoms with Crippen molar-refractivity contribution in [3.63, 3.8) is 0 Å². The Morgan fingerprint density at radius 2 is 1.95 bits per heavy atom. The van der Waals surface area contributed by atoms with Gasteiger partial charge in [-0.15, -0.1) is 0 Å². The Labute approximate surface area is 127 Å². The molecule has 4 atom stereocenters. The second-order valence-corrected chi connectivity index (χ2v) is 6.54. The Balaban J connectivity index is 1.74. The van der Waals surface area contributed by atoms with E-state index in [0.717, 1.165) is 44.2 Å². The molecule has 3 nitrogen and oxygen atoms in total. The van der Waals surface area contributed by atoms with Gasteiger partial charge in [0, 0.05) is 18.5 Å². The van der Waals surface area contributed by atoms with Crippen molar-refractivity contribution in [1.29, 1.82) is 0 Å². The summed E-state index contributed by atoms with van der Waals surface area (Å²) in [5.41, 5.74) is 1.08. The number of carbonyl (C=O) groups excluding carboxylic acids is 1. The monoisotopic (exact) mass is 287 g/mol. The van der Waals surface area contributed by atoms with Crippen LogP contribution in [0.15, 0.2) is 30.3 Å². The van der Waals surface area contributed by atoms with Gasteiger partial charge in [-0.25, -0.2) is 0 Å². The van der Waals surface area contributed by atoms with E-state index >= 15 is 0 Å². The fourth-order valence-electron chi connectivity index (χ4n) is 4.06. The summed E-state index contributed by atoms with van der Waals surface area (Å²) in [5.74, 6) is 0.424. The van der Waals surface area contributed by atoms with Gasteiger partial charge in [0.05, 0.1) is 12.0 Å². The molecule has 1 aromatic carbocycles. The molecule has 0 radical (unpaired) electrons. The number of rotatable bonds is 3. The van der Waals surface area contributed by atoms with Crippen molar-refractivity contribution in [3.05, 3.63) is 35.9 Å². The highest BCUT2D eigenvalue weighted by molar-refractivity contribution is 5.83. The molecule has 1 aliphatic carbocycles. The number of hydrogen-bond acceptors (Lipinski definition) is 2. The fourth-order valence-corrected chi connectivity index (χ4v) is 4.06. The van der Waals surface area contributed by atoms with Gasteiger partial charge in [-0.2, -0.15) is 0 Å². The predicted octanol–water partition coefficient (Wildman–Crippen LogP) is 2.94. The first-order chi connectivity index (χ1) is 10.2. The van der Waals surface area contributed by atoms with E-state index < -0.39 is 0 Å². The molecule has 3 rings (SSSR count). The zero-order chi connectivity index (χ0) is 14.8. The van der Waals surface area contributed by atoms with Crippen LogP contribution < -0.4 is 0 Å². The quantitative estimate of drug-likeness (QED) is 0.928. The van der Waals surface area contributed by atoms with Crippen LogP contribution in [0.1, 0.15) is 50.5 Å². The maximum absolute atomic E-state index is 12.9. The third-order valence-electron chi connectivity index (χ3n) is 5.28. The SMILES string of the molecule is CC(C(=O)N1CCCC1C1CCCC1O)c1ccccc1. The van der Waals surface area contributed by atoms with Crippen LogP contribution in [0.5, 0.6) is 0 Å². The largest absolute Gasteiger partial charge is 0.393 e. The standard InChI is InChI=1S/C18H25NO2/c1-13(14-7-3-2-4-8-14)18(21)19-12-6-10-16(19)15-9-5-11-17(15)20/h2-4,7-8,13,15-17,20H,5-6,9-12H2,1H3. The predicted molar refractivity (Wildman–Crippen MR) is 82.9 cm³/mol. The molecule has 0 bridgehead atoms. The number of amides is 1. The zero-order valence-corrected chi connectivity index (χ0v) is 12.7. The van der Waals surface area contributed by atoms with E-state index in [1.807, 2.05) is 37.3 Å². The summed E-state index contributed by atoms with van der Waals surface area (Å²) < 4.78 is 0. The van der Waals surface area contributed by atoms with Crippen molar-refractivity contribution in [2.75, 3.05) is 6.54 Å². The summed E-state index contributed by atoms with van der Waals surface area (Å²) in [6.07, 6.45) is 4.97. The molecule has 0 spiro atoms. The van der Waals surface area contributed by atoms with Gasteiger partial charge in [-0.1, -0.05) is 36.8 Å². The minimum Gasteiger partial charge on any atom is -0.393 e. The van der Waals surface area contributed by atoms with Crippen LogP contribution in [0.2, 0.25) is 0 Å². The molecule has 1 saturated heterocycles. The lowest BCUT2D eigenvalue weighted by atomic mass is 9.92. The molecule has 1 aliphatic heterocycles. The molecule has 1 saturated carbocycles. The highest BCUT2D eigenvalue weighted by Gasteiger charge is 2.41. The highest BCUT2D eigenvalue weighted by Crippen LogP contribution is 2.37. The van der Waals surface area contributed by atoms with Crippen LogP contribution in [-0.2, 0) is 4.79 Å². The first kappa shape index (κ1) is 14.6. The molecule has 21 heavy (non-hydrogen) atoms. The molecule has 4 unspecified atom stereocenters. The van der Waals surface area contributed by atoms with Gasteiger partial charge in [0.1, 0.15) is 0 Å². The van der Waals surface area contributed by atoms with Gasteiger partial charge < -0.3 is 10.0 Å². The first-order valence-electron chi connectivity index (χ1n) is 8.22. The summed E-state index contributed by atoms with van der Waals surface area (Å²) in [5, 5.41) is 10.2. The molecule has 1 heterocycles. The average molecular weight is 287 g/mol. The molecular weight excluding hydrogens is 262 g/mol. The molecule has 2 aliphatic rings. The number of likely N-dealkylation sites (tertiary alicyclic amines) is 1. The van der Waals surface area contributed by atoms with E-state index in [1.165, 1.54) is 0 Å². The number of carbonyl (C=O) groups is 1. The van der Waals surface area contributed by atoms with Crippen molar-refractivity contribution in [1.82, 2.24) is 4.90 Å². The Kier molecular flexibility index (Phi) is 4.29. The molecular formula is C18H25NO2. The third-order valence-corrected chi connectivity index (χ3v) is 5.28. The summed E-state index contributed by atoms with van der Waals surface area (Å²) in [4.78, 5) is 14.9. The van der Waals surface area contributed by atoms with Crippen molar-refractivity contribution >= 4 is 5.91 Å². The van der Waals surface area contributed by atoms with Crippen molar-refractivity contribution in [3.8, 4) is 0 Å². The Hall–Kier alpha value is -1.35. The summed E-state index contributed by atoms with van der Waals surface area (Å²) >= 11 is 0. The highest BCUT2D eigenvalue weighted by atomic mass is 16.3. The average Bonchev–Trinajstić information content (AvgIpc) is 3.14. The second-order valence-electron chi connectivity index (χ2n) is 6.54. The Morgan fingerprint density at radius 3 is 2.62 bits per heavy atom. The van der Waals surface area contributed by atoms with Crippen molar-refractivity contribution < 1.29 is 9.90 Å². The summed E-state index contributed by atoms with van der Waals surface area (Å²) in [6, 6.07) is 10.3. The fraction of sp³-hybridized carbons (Fsp3) is 0.611. The smallest absolute Gasteiger partial charge is 0.230 e. The molecule has 1 aromatic rings. The second kappa shape index (κ2) is 6.18. The maximum atomic E-state index is 12.9. The zero-order valence-electron chi connectivity index (χ0n) is 12.7. The lowest BCUT2D eigenvalue weighted by molar-refractivity contribution is -0.134. The summed E-state index contributed by atoms with van der Waals surface area (Å²) in [7, 11) is 0. The van der Waals surface area contributed by atoms with Crippen molar-refractivity contribution in [2.45, 2.75) is 57.1 Å². The van der Waals surface area contributed by atoms with E-state index in [0.29, 0.717) is 5.92 Å². The van der Waals surface area contributed by atoms with Gasteiger partial charge in [0.25, 0.3) is 0 Å². The lowest BCUT2D eigenvalue weighted by Gasteiger charge is -2.33. The molecule has 0 aromatic heterocycles. The van der Waals surface area contributed by atoms with Gasteiger partial charge in [-0.3, -0.25) is 4.79 Å². The number of hydrogen-bond donors (Lipinski definition) is 1. The van der Waals surface area contributed by atoms with Crippen molar-refractivity contribution in [2.24, 2.45) is 5.92 Å². The van der Waals surface area contributed by atoms with Gasteiger partial charge in [-0.05, 0) is 38.2 Å². The van der Waals surface area contributed by atoms with Gasteiger partial charge >= 0.3 is 0 Å². The minimum absolute atomic E-state index is 0.0923.